The van der Waals surface area contributed by atoms with Crippen LogP contribution in [0.25, 0.3) is 10.9 Å². The van der Waals surface area contributed by atoms with Gasteiger partial charge in [0.15, 0.2) is 5.69 Å². The van der Waals surface area contributed by atoms with Gasteiger partial charge in [-0.05, 0) is 30.2 Å². The lowest BCUT2D eigenvalue weighted by Crippen LogP contribution is -2.26. The van der Waals surface area contributed by atoms with Crippen molar-refractivity contribution in [1.29, 1.82) is 0 Å². The summed E-state index contributed by atoms with van der Waals surface area (Å²) in [6.45, 7) is 0.406. The van der Waals surface area contributed by atoms with E-state index in [2.05, 4.69) is 15.5 Å². The van der Waals surface area contributed by atoms with Crippen LogP contribution in [0.2, 0.25) is 0 Å². The van der Waals surface area contributed by atoms with Crippen molar-refractivity contribution < 1.29 is 14.7 Å². The molecule has 0 fully saturated rings. The lowest BCUT2D eigenvalue weighted by Gasteiger charge is -2.05. The van der Waals surface area contributed by atoms with Crippen molar-refractivity contribution in [3.63, 3.8) is 0 Å². The number of nitrogens with one attached hydrogen (secondary N) is 2. The summed E-state index contributed by atoms with van der Waals surface area (Å²) < 4.78 is 0. The summed E-state index contributed by atoms with van der Waals surface area (Å²) in [5.41, 5.74) is 2.27. The second kappa shape index (κ2) is 6.31. The molecule has 3 rings (SSSR count). The number of fused-ring (bicyclic) bond motifs is 1. The fourth-order valence-electron chi connectivity index (χ4n) is 2.40. The second-order valence-electron chi connectivity index (χ2n) is 5.13. The molecule has 0 saturated carbocycles. The Morgan fingerprint density at radius 3 is 2.78 bits per heavy atom. The summed E-state index contributed by atoms with van der Waals surface area (Å²) in [7, 11) is 0. The van der Waals surface area contributed by atoms with Crippen LogP contribution >= 0.6 is 0 Å². The molecule has 0 aliphatic rings. The van der Waals surface area contributed by atoms with Crippen molar-refractivity contribution in [2.45, 2.75) is 6.42 Å². The predicted molar refractivity (Wildman–Crippen MR) is 85.5 cm³/mol. The van der Waals surface area contributed by atoms with Gasteiger partial charge in [0.05, 0.1) is 11.1 Å². The summed E-state index contributed by atoms with van der Waals surface area (Å²) in [6, 6.07) is 14.1. The van der Waals surface area contributed by atoms with Crippen molar-refractivity contribution in [2.24, 2.45) is 0 Å². The summed E-state index contributed by atoms with van der Waals surface area (Å²) >= 11 is 0. The van der Waals surface area contributed by atoms with Crippen LogP contribution in [0, 0.1) is 0 Å². The van der Waals surface area contributed by atoms with Gasteiger partial charge >= 0.3 is 5.97 Å². The molecule has 0 saturated heterocycles. The number of carboxylic acid groups (broad SMARTS) is 1. The number of carbonyl (C=O) groups excluding carboxylic acids is 1. The maximum atomic E-state index is 12.2. The van der Waals surface area contributed by atoms with Crippen LogP contribution < -0.4 is 5.32 Å². The number of benzene rings is 2. The van der Waals surface area contributed by atoms with E-state index in [-0.39, 0.29) is 11.5 Å². The van der Waals surface area contributed by atoms with E-state index < -0.39 is 5.97 Å². The smallest absolute Gasteiger partial charge is 0.335 e. The molecule has 0 atom stereocenters. The minimum Gasteiger partial charge on any atom is -0.478 e. The number of amides is 1. The largest absolute Gasteiger partial charge is 0.478 e. The first-order valence-corrected chi connectivity index (χ1v) is 7.18. The number of aromatic amines is 1. The summed E-state index contributed by atoms with van der Waals surface area (Å²) in [6.07, 6.45) is 0.551. The van der Waals surface area contributed by atoms with Gasteiger partial charge in [0.1, 0.15) is 0 Å². The molecule has 6 nitrogen and oxygen atoms in total. The number of para-hydroxylation sites is 1. The van der Waals surface area contributed by atoms with Gasteiger partial charge in [0, 0.05) is 11.9 Å². The molecule has 116 valence electrons. The number of hydrogen-bond acceptors (Lipinski definition) is 3. The number of carbonyl (C=O) groups is 2. The molecule has 0 aliphatic carbocycles. The number of rotatable bonds is 5. The van der Waals surface area contributed by atoms with Crippen molar-refractivity contribution in [1.82, 2.24) is 15.5 Å². The van der Waals surface area contributed by atoms with Gasteiger partial charge in [-0.25, -0.2) is 4.79 Å². The Kier molecular flexibility index (Phi) is 4.05. The van der Waals surface area contributed by atoms with Crippen molar-refractivity contribution in [3.8, 4) is 0 Å². The van der Waals surface area contributed by atoms with Crippen molar-refractivity contribution in [2.75, 3.05) is 6.54 Å². The van der Waals surface area contributed by atoms with Crippen LogP contribution in [-0.4, -0.2) is 33.7 Å². The Morgan fingerprint density at radius 2 is 1.96 bits per heavy atom. The average molecular weight is 309 g/mol. The number of carboxylic acids is 1. The first-order valence-electron chi connectivity index (χ1n) is 7.18. The van der Waals surface area contributed by atoms with Crippen LogP contribution in [0.4, 0.5) is 0 Å². The summed E-state index contributed by atoms with van der Waals surface area (Å²) in [5, 5.41) is 19.4. The maximum absolute atomic E-state index is 12.2. The first-order chi connectivity index (χ1) is 11.1. The minimum absolute atomic E-state index is 0.243. The quantitative estimate of drug-likeness (QED) is 0.673. The van der Waals surface area contributed by atoms with Gasteiger partial charge in [-0.15, -0.1) is 0 Å². The zero-order valence-corrected chi connectivity index (χ0v) is 12.2. The predicted octanol–water partition coefficient (Wildman–Crippen LogP) is 2.23. The molecule has 0 radical (unpaired) electrons. The molecule has 0 unspecified atom stereocenters. The highest BCUT2D eigenvalue weighted by Crippen LogP contribution is 2.14. The van der Waals surface area contributed by atoms with Crippen LogP contribution in [0.15, 0.2) is 48.5 Å². The molecule has 0 bridgehead atoms. The van der Waals surface area contributed by atoms with E-state index in [9.17, 15) is 9.59 Å². The van der Waals surface area contributed by atoms with Gasteiger partial charge in [0.25, 0.3) is 5.91 Å². The fourth-order valence-corrected chi connectivity index (χ4v) is 2.40. The molecule has 2 aromatic carbocycles. The molecule has 3 aromatic rings. The highest BCUT2D eigenvalue weighted by atomic mass is 16.4. The summed E-state index contributed by atoms with van der Waals surface area (Å²) in [5.74, 6) is -1.21. The third-order valence-corrected chi connectivity index (χ3v) is 3.56. The van der Waals surface area contributed by atoms with E-state index >= 15 is 0 Å². The van der Waals surface area contributed by atoms with E-state index in [1.54, 1.807) is 18.2 Å². The number of hydrogen-bond donors (Lipinski definition) is 3. The molecule has 3 N–H and O–H groups in total. The molecule has 6 heteroatoms. The van der Waals surface area contributed by atoms with Crippen LogP contribution in [0.3, 0.4) is 0 Å². The zero-order valence-electron chi connectivity index (χ0n) is 12.2. The minimum atomic E-state index is -0.959. The fraction of sp³-hybridized carbons (Fsp3) is 0.118. The SMILES string of the molecule is O=C(O)c1cccc(CCNC(=O)c2n[nH]c3ccccc23)c1. The van der Waals surface area contributed by atoms with Gasteiger partial charge in [-0.1, -0.05) is 30.3 Å². The van der Waals surface area contributed by atoms with E-state index in [1.807, 2.05) is 30.3 Å². The molecule has 0 spiro atoms. The number of H-pyrrole nitrogens is 1. The van der Waals surface area contributed by atoms with E-state index in [1.165, 1.54) is 0 Å². The third-order valence-electron chi connectivity index (χ3n) is 3.56. The van der Waals surface area contributed by atoms with E-state index in [0.29, 0.717) is 18.7 Å². The van der Waals surface area contributed by atoms with Gasteiger partial charge in [-0.3, -0.25) is 9.89 Å². The van der Waals surface area contributed by atoms with Crippen molar-refractivity contribution >= 4 is 22.8 Å². The van der Waals surface area contributed by atoms with Crippen LogP contribution in [0.5, 0.6) is 0 Å². The van der Waals surface area contributed by atoms with Gasteiger partial charge in [-0.2, -0.15) is 5.10 Å². The molecule has 1 heterocycles. The monoisotopic (exact) mass is 309 g/mol. The Balaban J connectivity index is 1.63. The van der Waals surface area contributed by atoms with E-state index in [4.69, 9.17) is 5.11 Å². The number of aromatic nitrogens is 2. The second-order valence-corrected chi connectivity index (χ2v) is 5.13. The Labute approximate surface area is 132 Å². The molecular weight excluding hydrogens is 294 g/mol. The van der Waals surface area contributed by atoms with Gasteiger partial charge < -0.3 is 10.4 Å². The molecule has 1 aromatic heterocycles. The van der Waals surface area contributed by atoms with Crippen molar-refractivity contribution in [3.05, 3.63) is 65.4 Å². The molecule has 0 aliphatic heterocycles. The normalized spacial score (nSPS) is 10.6. The Morgan fingerprint density at radius 1 is 1.13 bits per heavy atom. The highest BCUT2D eigenvalue weighted by Gasteiger charge is 2.13. The molecular formula is C17H15N3O3. The average Bonchev–Trinajstić information content (AvgIpc) is 2.99. The zero-order chi connectivity index (χ0) is 16.2. The van der Waals surface area contributed by atoms with E-state index in [0.717, 1.165) is 16.5 Å². The summed E-state index contributed by atoms with van der Waals surface area (Å²) in [4.78, 5) is 23.1. The van der Waals surface area contributed by atoms with Crippen LogP contribution in [-0.2, 0) is 6.42 Å². The molecule has 23 heavy (non-hydrogen) atoms. The van der Waals surface area contributed by atoms with Crippen LogP contribution in [0.1, 0.15) is 26.4 Å². The topological polar surface area (TPSA) is 95.1 Å². The number of aromatic carboxylic acids is 1. The standard InChI is InChI=1S/C17H15N3O3/c21-16(15-13-6-1-2-7-14(13)19-20-15)18-9-8-11-4-3-5-12(10-11)17(22)23/h1-7,10H,8-9H2,(H,18,21)(H,19,20)(H,22,23). The lowest BCUT2D eigenvalue weighted by molar-refractivity contribution is 0.0696. The lowest BCUT2D eigenvalue weighted by atomic mass is 10.1. The molecule has 1 amide bonds. The number of nitrogens with zero attached hydrogens (tertiary/aromatic N) is 1. The van der Waals surface area contributed by atoms with Gasteiger partial charge in [0.2, 0.25) is 0 Å². The Hall–Kier alpha value is -3.15. The maximum Gasteiger partial charge on any atom is 0.335 e. The third kappa shape index (κ3) is 3.21. The Bertz CT molecular complexity index is 870. The highest BCUT2D eigenvalue weighted by molar-refractivity contribution is 6.04. The first kappa shape index (κ1) is 14.8.